The largest absolute Gasteiger partial charge is 0.489 e. The third-order valence-electron chi connectivity index (χ3n) is 3.62. The van der Waals surface area contributed by atoms with Crippen molar-refractivity contribution < 1.29 is 13.9 Å². The fourth-order valence-corrected chi connectivity index (χ4v) is 2.54. The van der Waals surface area contributed by atoms with Crippen LogP contribution in [0, 0.1) is 5.82 Å². The van der Waals surface area contributed by atoms with Crippen molar-refractivity contribution in [3.05, 3.63) is 64.4 Å². The van der Waals surface area contributed by atoms with Crippen LogP contribution in [-0.2, 0) is 17.9 Å². The number of hydrogen-bond donors (Lipinski definition) is 1. The molecule has 25 heavy (non-hydrogen) atoms. The minimum absolute atomic E-state index is 0.106. The summed E-state index contributed by atoms with van der Waals surface area (Å²) in [6.45, 7) is 6.58. The van der Waals surface area contributed by atoms with E-state index < -0.39 is 0 Å². The lowest BCUT2D eigenvalue weighted by Crippen LogP contribution is -2.17. The lowest BCUT2D eigenvalue weighted by molar-refractivity contribution is 0.0770. The molecule has 0 fully saturated rings. The quantitative estimate of drug-likeness (QED) is 0.603. The third kappa shape index (κ3) is 7.02. The molecule has 5 heteroatoms. The Kier molecular flexibility index (Phi) is 8.19. The van der Waals surface area contributed by atoms with Crippen molar-refractivity contribution in [3.8, 4) is 5.75 Å². The molecule has 0 bridgehead atoms. The average Bonchev–Trinajstić information content (AvgIpc) is 2.58. The average molecular weight is 366 g/mol. The van der Waals surface area contributed by atoms with Gasteiger partial charge in [-0.3, -0.25) is 0 Å². The molecule has 0 unspecified atom stereocenters. The van der Waals surface area contributed by atoms with E-state index in [2.05, 4.69) is 5.32 Å². The standard InChI is InChI=1S/C20H25ClFNO2/c1-15(2)24-11-5-10-23-13-16-6-3-7-17(12-16)25-14-18-19(21)8-4-9-20(18)22/h3-4,6-9,12,15,23H,5,10-11,13-14H2,1-2H3. The second-order valence-corrected chi connectivity index (χ2v) is 6.49. The molecule has 0 saturated heterocycles. The first-order chi connectivity index (χ1) is 12.1. The highest BCUT2D eigenvalue weighted by Gasteiger charge is 2.07. The summed E-state index contributed by atoms with van der Waals surface area (Å²) in [6.07, 6.45) is 1.25. The van der Waals surface area contributed by atoms with Gasteiger partial charge in [-0.2, -0.15) is 0 Å². The van der Waals surface area contributed by atoms with Crippen LogP contribution in [0.15, 0.2) is 42.5 Å². The Labute approximate surface area is 154 Å². The molecule has 136 valence electrons. The van der Waals surface area contributed by atoms with Crippen LogP contribution in [0.4, 0.5) is 4.39 Å². The number of halogens is 2. The summed E-state index contributed by atoms with van der Waals surface area (Å²) in [5, 5.41) is 3.75. The lowest BCUT2D eigenvalue weighted by atomic mass is 10.2. The minimum Gasteiger partial charge on any atom is -0.489 e. The van der Waals surface area contributed by atoms with Gasteiger partial charge in [0.1, 0.15) is 18.2 Å². The minimum atomic E-state index is -0.353. The molecule has 0 aliphatic carbocycles. The summed E-state index contributed by atoms with van der Waals surface area (Å²) in [4.78, 5) is 0. The van der Waals surface area contributed by atoms with E-state index in [0.29, 0.717) is 16.3 Å². The predicted octanol–water partition coefficient (Wildman–Crippen LogP) is 4.96. The van der Waals surface area contributed by atoms with Gasteiger partial charge in [0.05, 0.1) is 11.1 Å². The number of hydrogen-bond acceptors (Lipinski definition) is 3. The lowest BCUT2D eigenvalue weighted by Gasteiger charge is -2.11. The summed E-state index contributed by atoms with van der Waals surface area (Å²) >= 11 is 6.02. The molecule has 0 amide bonds. The van der Waals surface area contributed by atoms with Gasteiger partial charge in [0.15, 0.2) is 0 Å². The molecule has 3 nitrogen and oxygen atoms in total. The van der Waals surface area contributed by atoms with E-state index >= 15 is 0 Å². The van der Waals surface area contributed by atoms with E-state index in [9.17, 15) is 4.39 Å². The van der Waals surface area contributed by atoms with Crippen LogP contribution in [0.25, 0.3) is 0 Å². The summed E-state index contributed by atoms with van der Waals surface area (Å²) in [5.74, 6) is 0.343. The summed E-state index contributed by atoms with van der Waals surface area (Å²) in [5.41, 5.74) is 1.49. The first-order valence-electron chi connectivity index (χ1n) is 8.53. The molecule has 2 aromatic carbocycles. The Morgan fingerprint density at radius 2 is 1.96 bits per heavy atom. The maximum absolute atomic E-state index is 13.8. The fraction of sp³-hybridized carbons (Fsp3) is 0.400. The van der Waals surface area contributed by atoms with Gasteiger partial charge in [-0.15, -0.1) is 0 Å². The number of rotatable bonds is 10. The van der Waals surface area contributed by atoms with E-state index in [1.807, 2.05) is 38.1 Å². The Bertz CT molecular complexity index is 644. The van der Waals surface area contributed by atoms with Crippen molar-refractivity contribution in [1.29, 1.82) is 0 Å². The van der Waals surface area contributed by atoms with Crippen LogP contribution in [-0.4, -0.2) is 19.3 Å². The third-order valence-corrected chi connectivity index (χ3v) is 3.98. The smallest absolute Gasteiger partial charge is 0.131 e. The summed E-state index contributed by atoms with van der Waals surface area (Å²) in [6, 6.07) is 12.4. The van der Waals surface area contributed by atoms with Gasteiger partial charge in [0.2, 0.25) is 0 Å². The van der Waals surface area contributed by atoms with Crippen LogP contribution < -0.4 is 10.1 Å². The molecule has 0 radical (unpaired) electrons. The second-order valence-electron chi connectivity index (χ2n) is 6.09. The first kappa shape index (κ1) is 19.7. The van der Waals surface area contributed by atoms with Crippen LogP contribution in [0.3, 0.4) is 0 Å². The van der Waals surface area contributed by atoms with Crippen molar-refractivity contribution >= 4 is 11.6 Å². The van der Waals surface area contributed by atoms with Crippen LogP contribution in [0.2, 0.25) is 5.02 Å². The molecular weight excluding hydrogens is 341 g/mol. The highest BCUT2D eigenvalue weighted by atomic mass is 35.5. The molecule has 0 atom stereocenters. The number of nitrogens with one attached hydrogen (secondary N) is 1. The Hall–Kier alpha value is -1.62. The van der Waals surface area contributed by atoms with E-state index in [1.54, 1.807) is 12.1 Å². The topological polar surface area (TPSA) is 30.5 Å². The van der Waals surface area contributed by atoms with Gasteiger partial charge in [0, 0.05) is 18.7 Å². The normalized spacial score (nSPS) is 11.1. The molecule has 1 N–H and O–H groups in total. The highest BCUT2D eigenvalue weighted by molar-refractivity contribution is 6.31. The number of ether oxygens (including phenoxy) is 2. The van der Waals surface area contributed by atoms with Crippen molar-refractivity contribution in [3.63, 3.8) is 0 Å². The van der Waals surface area contributed by atoms with Crippen LogP contribution in [0.1, 0.15) is 31.4 Å². The maximum atomic E-state index is 13.8. The van der Waals surface area contributed by atoms with E-state index in [4.69, 9.17) is 21.1 Å². The molecule has 0 spiro atoms. The molecule has 0 aliphatic heterocycles. The predicted molar refractivity (Wildman–Crippen MR) is 99.6 cm³/mol. The SMILES string of the molecule is CC(C)OCCCNCc1cccc(OCc2c(F)cccc2Cl)c1. The van der Waals surface area contributed by atoms with Crippen molar-refractivity contribution in [2.45, 2.75) is 39.5 Å². The zero-order valence-corrected chi connectivity index (χ0v) is 15.5. The van der Waals surface area contributed by atoms with Gasteiger partial charge >= 0.3 is 0 Å². The summed E-state index contributed by atoms with van der Waals surface area (Å²) in [7, 11) is 0. The van der Waals surface area contributed by atoms with E-state index in [0.717, 1.165) is 31.7 Å². The van der Waals surface area contributed by atoms with Gasteiger partial charge in [-0.25, -0.2) is 4.39 Å². The molecule has 0 aliphatic rings. The van der Waals surface area contributed by atoms with Crippen molar-refractivity contribution in [2.24, 2.45) is 0 Å². The van der Waals surface area contributed by atoms with E-state index in [1.165, 1.54) is 6.07 Å². The van der Waals surface area contributed by atoms with Crippen molar-refractivity contribution in [1.82, 2.24) is 5.32 Å². The second kappa shape index (κ2) is 10.4. The highest BCUT2D eigenvalue weighted by Crippen LogP contribution is 2.22. The zero-order chi connectivity index (χ0) is 18.1. The fourth-order valence-electron chi connectivity index (χ4n) is 2.32. The van der Waals surface area contributed by atoms with Gasteiger partial charge in [-0.05, 0) is 56.6 Å². The summed E-state index contributed by atoms with van der Waals surface area (Å²) < 4.78 is 25.0. The van der Waals surface area contributed by atoms with Gasteiger partial charge in [-0.1, -0.05) is 29.8 Å². The number of benzene rings is 2. The van der Waals surface area contributed by atoms with Crippen LogP contribution in [0.5, 0.6) is 5.75 Å². The van der Waals surface area contributed by atoms with E-state index in [-0.39, 0.29) is 18.5 Å². The molecule has 0 aromatic heterocycles. The monoisotopic (exact) mass is 365 g/mol. The van der Waals surface area contributed by atoms with Crippen LogP contribution >= 0.6 is 11.6 Å². The Morgan fingerprint density at radius 1 is 1.16 bits per heavy atom. The molecule has 0 heterocycles. The molecular formula is C20H25ClFNO2. The zero-order valence-electron chi connectivity index (χ0n) is 14.7. The Morgan fingerprint density at radius 3 is 2.72 bits per heavy atom. The Balaban J connectivity index is 1.79. The maximum Gasteiger partial charge on any atom is 0.131 e. The molecule has 2 aromatic rings. The van der Waals surface area contributed by atoms with Crippen molar-refractivity contribution in [2.75, 3.05) is 13.2 Å². The van der Waals surface area contributed by atoms with Gasteiger partial charge < -0.3 is 14.8 Å². The van der Waals surface area contributed by atoms with Gasteiger partial charge in [0.25, 0.3) is 0 Å². The first-order valence-corrected chi connectivity index (χ1v) is 8.91. The molecule has 2 rings (SSSR count). The molecule has 0 saturated carbocycles.